The lowest BCUT2D eigenvalue weighted by atomic mass is 9.92. The summed E-state index contributed by atoms with van der Waals surface area (Å²) < 4.78 is 1.09. The molecule has 2 rings (SSSR count). The van der Waals surface area contributed by atoms with Gasteiger partial charge in [0.15, 0.2) is 0 Å². The van der Waals surface area contributed by atoms with Gasteiger partial charge >= 0.3 is 0 Å². The number of hydrogen-bond acceptors (Lipinski definition) is 3. The lowest BCUT2D eigenvalue weighted by Gasteiger charge is -2.36. The highest BCUT2D eigenvalue weighted by Crippen LogP contribution is 2.40. The molecule has 3 nitrogen and oxygen atoms in total. The van der Waals surface area contributed by atoms with E-state index in [0.717, 1.165) is 59.3 Å². The fourth-order valence-electron chi connectivity index (χ4n) is 3.11. The number of nitrogens with one attached hydrogen (secondary N) is 1. The van der Waals surface area contributed by atoms with Gasteiger partial charge in [-0.1, -0.05) is 21.5 Å². The van der Waals surface area contributed by atoms with Crippen molar-refractivity contribution < 1.29 is 5.11 Å². The Morgan fingerprint density at radius 3 is 2.43 bits per heavy atom. The van der Waals surface area contributed by atoms with Crippen LogP contribution in [0.5, 0.6) is 5.75 Å². The number of hydrogen-bond donors (Lipinski definition) is 2. The standard InChI is InChI=1S/C17H25BrN2O.2ClH/c1-11(2)9-14(20-7-5-19-6-8-20)16-13(4)17(18)12(3)10-15(16)21;;/h10,14,19,21H,1,5-9H2,2-4H3;2*1H/t14-;;/m1../s1. The summed E-state index contributed by atoms with van der Waals surface area (Å²) in [6.45, 7) is 14.2. The Hall–Kier alpha value is -0.260. The summed E-state index contributed by atoms with van der Waals surface area (Å²) in [5, 5.41) is 13.9. The molecular weight excluding hydrogens is 399 g/mol. The van der Waals surface area contributed by atoms with Gasteiger partial charge < -0.3 is 10.4 Å². The monoisotopic (exact) mass is 424 g/mol. The zero-order chi connectivity index (χ0) is 15.6. The summed E-state index contributed by atoms with van der Waals surface area (Å²) in [6.07, 6.45) is 0.879. The lowest BCUT2D eigenvalue weighted by molar-refractivity contribution is 0.169. The van der Waals surface area contributed by atoms with E-state index in [1.165, 1.54) is 0 Å². The Kier molecular flexibility index (Phi) is 9.78. The molecule has 6 heteroatoms. The van der Waals surface area contributed by atoms with Gasteiger partial charge in [-0.3, -0.25) is 4.90 Å². The van der Waals surface area contributed by atoms with Crippen molar-refractivity contribution in [3.05, 3.63) is 39.4 Å². The van der Waals surface area contributed by atoms with Crippen molar-refractivity contribution >= 4 is 40.7 Å². The first-order chi connectivity index (χ1) is 9.91. The van der Waals surface area contributed by atoms with Crippen LogP contribution in [0.15, 0.2) is 22.7 Å². The number of phenolic OH excluding ortho intramolecular Hbond substituents is 1. The molecule has 1 aliphatic heterocycles. The maximum Gasteiger partial charge on any atom is 0.120 e. The molecular formula is C17H27BrCl2N2O. The van der Waals surface area contributed by atoms with Gasteiger partial charge in [-0.2, -0.15) is 0 Å². The SMILES string of the molecule is C=C(C)C[C@H](c1c(O)cc(C)c(Br)c1C)N1CCNCC1.Cl.Cl. The van der Waals surface area contributed by atoms with E-state index in [0.29, 0.717) is 5.75 Å². The normalized spacial score (nSPS) is 16.2. The average Bonchev–Trinajstić information content (AvgIpc) is 2.44. The van der Waals surface area contributed by atoms with Gasteiger partial charge in [-0.25, -0.2) is 0 Å². The summed E-state index contributed by atoms with van der Waals surface area (Å²) in [5.74, 6) is 0.401. The first-order valence-corrected chi connectivity index (χ1v) is 8.28. The zero-order valence-electron chi connectivity index (χ0n) is 14.0. The van der Waals surface area contributed by atoms with Gasteiger partial charge in [0.2, 0.25) is 0 Å². The van der Waals surface area contributed by atoms with E-state index in [9.17, 15) is 5.11 Å². The van der Waals surface area contributed by atoms with Gasteiger partial charge in [0.1, 0.15) is 5.75 Å². The molecule has 0 aliphatic carbocycles. The van der Waals surface area contributed by atoms with Gasteiger partial charge in [0, 0.05) is 42.3 Å². The van der Waals surface area contributed by atoms with E-state index >= 15 is 0 Å². The Labute approximate surface area is 160 Å². The average molecular weight is 426 g/mol. The lowest BCUT2D eigenvalue weighted by Crippen LogP contribution is -2.45. The fraction of sp³-hybridized carbons (Fsp3) is 0.529. The van der Waals surface area contributed by atoms with Crippen LogP contribution in [0.25, 0.3) is 0 Å². The molecule has 0 radical (unpaired) electrons. The van der Waals surface area contributed by atoms with Gasteiger partial charge in [-0.15, -0.1) is 31.4 Å². The van der Waals surface area contributed by atoms with Crippen molar-refractivity contribution in [1.82, 2.24) is 10.2 Å². The predicted octanol–water partition coefficient (Wildman–Crippen LogP) is 4.53. The molecule has 1 saturated heterocycles. The van der Waals surface area contributed by atoms with E-state index in [2.05, 4.69) is 46.6 Å². The minimum atomic E-state index is 0. The molecule has 2 N–H and O–H groups in total. The van der Waals surface area contributed by atoms with Crippen LogP contribution in [0, 0.1) is 13.8 Å². The van der Waals surface area contributed by atoms with Crippen molar-refractivity contribution in [2.24, 2.45) is 0 Å². The second-order valence-corrected chi connectivity index (χ2v) is 6.82. The van der Waals surface area contributed by atoms with Gasteiger partial charge in [0.05, 0.1) is 0 Å². The van der Waals surface area contributed by atoms with E-state index in [-0.39, 0.29) is 30.9 Å². The topological polar surface area (TPSA) is 35.5 Å². The summed E-state index contributed by atoms with van der Waals surface area (Å²) >= 11 is 3.66. The van der Waals surface area contributed by atoms with Crippen LogP contribution in [-0.2, 0) is 0 Å². The molecule has 0 saturated carbocycles. The molecule has 0 amide bonds. The smallest absolute Gasteiger partial charge is 0.120 e. The molecule has 0 aromatic heterocycles. The van der Waals surface area contributed by atoms with Crippen LogP contribution >= 0.6 is 40.7 Å². The third kappa shape index (κ3) is 5.36. The van der Waals surface area contributed by atoms with Gasteiger partial charge in [0.25, 0.3) is 0 Å². The molecule has 1 heterocycles. The van der Waals surface area contributed by atoms with Gasteiger partial charge in [-0.05, 0) is 44.4 Å². The highest BCUT2D eigenvalue weighted by Gasteiger charge is 2.27. The van der Waals surface area contributed by atoms with Crippen LogP contribution in [0.1, 0.15) is 36.1 Å². The number of benzene rings is 1. The van der Waals surface area contributed by atoms with Crippen LogP contribution in [0.3, 0.4) is 0 Å². The van der Waals surface area contributed by atoms with E-state index in [4.69, 9.17) is 0 Å². The predicted molar refractivity (Wildman–Crippen MR) is 106 cm³/mol. The molecule has 1 aromatic rings. The third-order valence-electron chi connectivity index (χ3n) is 4.18. The Morgan fingerprint density at radius 2 is 1.91 bits per heavy atom. The molecule has 132 valence electrons. The number of nitrogens with zero attached hydrogens (tertiary/aromatic N) is 1. The van der Waals surface area contributed by atoms with Crippen LogP contribution in [0.4, 0.5) is 0 Å². The molecule has 1 atom stereocenters. The van der Waals surface area contributed by atoms with E-state index < -0.39 is 0 Å². The van der Waals surface area contributed by atoms with Crippen LogP contribution in [-0.4, -0.2) is 36.2 Å². The first kappa shape index (κ1) is 22.7. The van der Waals surface area contributed by atoms with Crippen molar-refractivity contribution in [3.8, 4) is 5.75 Å². The molecule has 23 heavy (non-hydrogen) atoms. The number of aryl methyl sites for hydroxylation is 1. The maximum atomic E-state index is 10.5. The number of piperazine rings is 1. The fourth-order valence-corrected chi connectivity index (χ4v) is 3.44. The van der Waals surface area contributed by atoms with Crippen molar-refractivity contribution in [1.29, 1.82) is 0 Å². The van der Waals surface area contributed by atoms with Crippen molar-refractivity contribution in [2.45, 2.75) is 33.2 Å². The molecule has 0 spiro atoms. The van der Waals surface area contributed by atoms with E-state index in [1.54, 1.807) is 0 Å². The molecule has 0 bridgehead atoms. The quantitative estimate of drug-likeness (QED) is 0.695. The second kappa shape index (κ2) is 9.90. The minimum absolute atomic E-state index is 0. The zero-order valence-corrected chi connectivity index (χ0v) is 17.2. The van der Waals surface area contributed by atoms with Crippen molar-refractivity contribution in [2.75, 3.05) is 26.2 Å². The number of phenols is 1. The summed E-state index contributed by atoms with van der Waals surface area (Å²) in [4.78, 5) is 2.45. The third-order valence-corrected chi connectivity index (χ3v) is 5.40. The Balaban J connectivity index is 0.00000242. The number of rotatable bonds is 4. The molecule has 0 unspecified atom stereocenters. The summed E-state index contributed by atoms with van der Waals surface area (Å²) in [6, 6.07) is 2.06. The first-order valence-electron chi connectivity index (χ1n) is 7.49. The molecule has 1 aliphatic rings. The number of halogens is 3. The Morgan fingerprint density at radius 1 is 1.35 bits per heavy atom. The van der Waals surface area contributed by atoms with E-state index in [1.807, 2.05) is 13.0 Å². The highest BCUT2D eigenvalue weighted by molar-refractivity contribution is 9.10. The maximum absolute atomic E-state index is 10.5. The second-order valence-electron chi connectivity index (χ2n) is 6.03. The highest BCUT2D eigenvalue weighted by atomic mass is 79.9. The molecule has 1 fully saturated rings. The summed E-state index contributed by atoms with van der Waals surface area (Å²) in [7, 11) is 0. The number of aromatic hydroxyl groups is 1. The minimum Gasteiger partial charge on any atom is -0.508 e. The van der Waals surface area contributed by atoms with Crippen LogP contribution < -0.4 is 5.32 Å². The Bertz CT molecular complexity index is 546. The summed E-state index contributed by atoms with van der Waals surface area (Å²) in [5.41, 5.74) is 4.40. The van der Waals surface area contributed by atoms with Crippen molar-refractivity contribution in [3.63, 3.8) is 0 Å². The molecule has 1 aromatic carbocycles. The van der Waals surface area contributed by atoms with Crippen LogP contribution in [0.2, 0.25) is 0 Å². The largest absolute Gasteiger partial charge is 0.508 e.